The van der Waals surface area contributed by atoms with Crippen LogP contribution in [0.15, 0.2) is 36.4 Å². The fourth-order valence-corrected chi connectivity index (χ4v) is 4.65. The van der Waals surface area contributed by atoms with Gasteiger partial charge in [0.2, 0.25) is 12.7 Å². The lowest BCUT2D eigenvalue weighted by Crippen LogP contribution is -2.38. The van der Waals surface area contributed by atoms with Gasteiger partial charge in [0.15, 0.2) is 23.0 Å². The van der Waals surface area contributed by atoms with Crippen molar-refractivity contribution >= 4 is 32.4 Å². The summed E-state index contributed by atoms with van der Waals surface area (Å²) in [5, 5.41) is 4.98. The maximum atomic E-state index is 6.27. The van der Waals surface area contributed by atoms with Crippen molar-refractivity contribution in [1.82, 2.24) is 9.88 Å². The molecule has 2 aliphatic rings. The molecule has 0 N–H and O–H groups in total. The van der Waals surface area contributed by atoms with Crippen molar-refractivity contribution in [1.29, 1.82) is 0 Å². The Labute approximate surface area is 191 Å². The molecular formula is C26H26N2O5. The first-order chi connectivity index (χ1) is 16.2. The molecule has 33 heavy (non-hydrogen) atoms. The van der Waals surface area contributed by atoms with Crippen LogP contribution in [0.5, 0.6) is 28.9 Å². The van der Waals surface area contributed by atoms with Crippen molar-refractivity contribution < 1.29 is 23.7 Å². The zero-order valence-corrected chi connectivity index (χ0v) is 18.8. The lowest BCUT2D eigenvalue weighted by Gasteiger charge is -2.30. The van der Waals surface area contributed by atoms with Crippen LogP contribution in [-0.4, -0.2) is 57.1 Å². The van der Waals surface area contributed by atoms with E-state index in [9.17, 15) is 0 Å². The molecule has 0 aliphatic carbocycles. The van der Waals surface area contributed by atoms with Gasteiger partial charge < -0.3 is 28.6 Å². The van der Waals surface area contributed by atoms with Gasteiger partial charge in [-0.3, -0.25) is 0 Å². The summed E-state index contributed by atoms with van der Waals surface area (Å²) in [6, 6.07) is 12.2. The molecule has 0 amide bonds. The Hall–Kier alpha value is -3.45. The molecule has 0 atom stereocenters. The number of pyridine rings is 1. The molecule has 2 aliphatic heterocycles. The molecule has 170 valence electrons. The van der Waals surface area contributed by atoms with E-state index >= 15 is 0 Å². The summed E-state index contributed by atoms with van der Waals surface area (Å²) in [6.07, 6.45) is 2.26. The smallest absolute Gasteiger partial charge is 0.231 e. The molecule has 0 unspecified atom stereocenters. The van der Waals surface area contributed by atoms with E-state index in [1.54, 1.807) is 14.2 Å². The summed E-state index contributed by atoms with van der Waals surface area (Å²) in [5.41, 5.74) is 0.864. The van der Waals surface area contributed by atoms with E-state index in [4.69, 9.17) is 28.7 Å². The summed E-state index contributed by atoms with van der Waals surface area (Å²) in [7, 11) is 3.29. The van der Waals surface area contributed by atoms with Crippen molar-refractivity contribution in [2.45, 2.75) is 12.8 Å². The quantitative estimate of drug-likeness (QED) is 0.300. The second-order valence-corrected chi connectivity index (χ2v) is 8.46. The minimum absolute atomic E-state index is 0.238. The highest BCUT2D eigenvalue weighted by atomic mass is 16.7. The zero-order valence-electron chi connectivity index (χ0n) is 18.8. The van der Waals surface area contributed by atoms with Gasteiger partial charge in [0.1, 0.15) is 0 Å². The van der Waals surface area contributed by atoms with E-state index in [1.165, 1.54) is 19.5 Å². The van der Waals surface area contributed by atoms with Gasteiger partial charge in [0.25, 0.3) is 0 Å². The third-order valence-corrected chi connectivity index (χ3v) is 6.55. The van der Waals surface area contributed by atoms with Gasteiger partial charge in [-0.15, -0.1) is 0 Å². The zero-order chi connectivity index (χ0) is 22.4. The van der Waals surface area contributed by atoms with Gasteiger partial charge in [-0.1, -0.05) is 12.1 Å². The van der Waals surface area contributed by atoms with Crippen molar-refractivity contribution in [3.05, 3.63) is 36.4 Å². The molecule has 3 aromatic carbocycles. The first-order valence-corrected chi connectivity index (χ1v) is 11.3. The first-order valence-electron chi connectivity index (χ1n) is 11.3. The topological polar surface area (TPSA) is 62.3 Å². The SMILES string of the molecule is COc1cc2c(OCCCN3CCC3)nc3c4cc5c(cc4ccc3c2cc1OC)OCO5. The highest BCUT2D eigenvalue weighted by Crippen LogP contribution is 2.43. The number of rotatable bonds is 7. The molecule has 3 heterocycles. The van der Waals surface area contributed by atoms with E-state index in [1.807, 2.05) is 24.3 Å². The number of nitrogens with zero attached hydrogens (tertiary/aromatic N) is 2. The van der Waals surface area contributed by atoms with Crippen LogP contribution in [0.4, 0.5) is 0 Å². The van der Waals surface area contributed by atoms with Crippen LogP contribution in [0.3, 0.4) is 0 Å². The van der Waals surface area contributed by atoms with E-state index in [0.29, 0.717) is 24.0 Å². The predicted molar refractivity (Wildman–Crippen MR) is 127 cm³/mol. The standard InChI is InChI=1S/C26H26N2O5/c1-29-21-13-19-17-6-5-16-11-23-24(33-15-32-23)12-18(16)25(17)27-26(20(19)14-22(21)30-2)31-10-4-9-28-7-3-8-28/h5-6,11-14H,3-4,7-10,15H2,1-2H3. The Bertz CT molecular complexity index is 1370. The second-order valence-electron chi connectivity index (χ2n) is 8.46. The molecule has 7 nitrogen and oxygen atoms in total. The Morgan fingerprint density at radius 1 is 0.879 bits per heavy atom. The molecule has 4 aromatic rings. The normalized spacial score (nSPS) is 15.2. The van der Waals surface area contributed by atoms with Crippen molar-refractivity contribution in [3.63, 3.8) is 0 Å². The second kappa shape index (κ2) is 8.15. The van der Waals surface area contributed by atoms with Gasteiger partial charge in [0, 0.05) is 28.1 Å². The third kappa shape index (κ3) is 3.43. The number of aromatic nitrogens is 1. The van der Waals surface area contributed by atoms with E-state index in [2.05, 4.69) is 17.0 Å². The highest BCUT2D eigenvalue weighted by Gasteiger charge is 2.20. The number of fused-ring (bicyclic) bond motifs is 6. The fourth-order valence-electron chi connectivity index (χ4n) is 4.65. The van der Waals surface area contributed by atoms with Crippen LogP contribution in [0.25, 0.3) is 32.4 Å². The molecule has 0 radical (unpaired) electrons. The average molecular weight is 447 g/mol. The molecular weight excluding hydrogens is 420 g/mol. The van der Waals surface area contributed by atoms with E-state index in [0.717, 1.165) is 56.9 Å². The monoisotopic (exact) mass is 446 g/mol. The molecule has 1 aromatic heterocycles. The minimum atomic E-state index is 0.238. The van der Waals surface area contributed by atoms with Crippen LogP contribution in [0.1, 0.15) is 12.8 Å². The maximum Gasteiger partial charge on any atom is 0.231 e. The lowest BCUT2D eigenvalue weighted by atomic mass is 10.0. The summed E-state index contributed by atoms with van der Waals surface area (Å²) in [5.74, 6) is 3.43. The summed E-state index contributed by atoms with van der Waals surface area (Å²) in [4.78, 5) is 7.45. The third-order valence-electron chi connectivity index (χ3n) is 6.55. The van der Waals surface area contributed by atoms with Crippen molar-refractivity contribution in [3.8, 4) is 28.9 Å². The van der Waals surface area contributed by atoms with Gasteiger partial charge >= 0.3 is 0 Å². The molecule has 0 spiro atoms. The fraction of sp³-hybridized carbons (Fsp3) is 0.346. The molecule has 1 fully saturated rings. The number of hydrogen-bond acceptors (Lipinski definition) is 7. The minimum Gasteiger partial charge on any atom is -0.493 e. The number of methoxy groups -OCH3 is 2. The molecule has 6 rings (SSSR count). The van der Waals surface area contributed by atoms with Gasteiger partial charge in [0.05, 0.1) is 26.3 Å². The van der Waals surface area contributed by atoms with E-state index in [-0.39, 0.29) is 6.79 Å². The lowest BCUT2D eigenvalue weighted by molar-refractivity contribution is 0.165. The van der Waals surface area contributed by atoms with Crippen molar-refractivity contribution in [2.75, 3.05) is 47.3 Å². The first kappa shape index (κ1) is 20.2. The maximum absolute atomic E-state index is 6.27. The molecule has 1 saturated heterocycles. The van der Waals surface area contributed by atoms with Crippen LogP contribution >= 0.6 is 0 Å². The molecule has 0 saturated carbocycles. The predicted octanol–water partition coefficient (Wildman–Crippen LogP) is 4.76. The number of hydrogen-bond donors (Lipinski definition) is 0. The number of likely N-dealkylation sites (tertiary alicyclic amines) is 1. The Morgan fingerprint density at radius 3 is 2.36 bits per heavy atom. The van der Waals surface area contributed by atoms with Crippen LogP contribution in [0, 0.1) is 0 Å². The average Bonchev–Trinajstić information content (AvgIpc) is 3.27. The summed E-state index contributed by atoms with van der Waals surface area (Å²) >= 11 is 0. The largest absolute Gasteiger partial charge is 0.493 e. The summed E-state index contributed by atoms with van der Waals surface area (Å²) < 4.78 is 28.6. The summed E-state index contributed by atoms with van der Waals surface area (Å²) in [6.45, 7) is 4.28. The number of ether oxygens (including phenoxy) is 5. The van der Waals surface area contributed by atoms with Crippen molar-refractivity contribution in [2.24, 2.45) is 0 Å². The Morgan fingerprint density at radius 2 is 1.64 bits per heavy atom. The van der Waals surface area contributed by atoms with Gasteiger partial charge in [-0.25, -0.2) is 4.98 Å². The number of benzene rings is 3. The van der Waals surface area contributed by atoms with Gasteiger partial charge in [-0.05, 0) is 55.6 Å². The Kier molecular flexibility index (Phi) is 4.99. The molecule has 0 bridgehead atoms. The molecule has 7 heteroatoms. The Balaban J connectivity index is 1.51. The van der Waals surface area contributed by atoms with Crippen LogP contribution in [-0.2, 0) is 0 Å². The van der Waals surface area contributed by atoms with Crippen LogP contribution in [0.2, 0.25) is 0 Å². The highest BCUT2D eigenvalue weighted by molar-refractivity contribution is 6.17. The van der Waals surface area contributed by atoms with E-state index < -0.39 is 0 Å². The van der Waals surface area contributed by atoms with Crippen LogP contribution < -0.4 is 23.7 Å². The van der Waals surface area contributed by atoms with Gasteiger partial charge in [-0.2, -0.15) is 0 Å².